The first-order chi connectivity index (χ1) is 7.69. The van der Waals surface area contributed by atoms with Gasteiger partial charge in [0.15, 0.2) is 0 Å². The number of carbonyl (C=O) groups excluding carboxylic acids is 1. The first-order valence-corrected chi connectivity index (χ1v) is 4.07. The summed E-state index contributed by atoms with van der Waals surface area (Å²) in [7, 11) is 1.22. The molecule has 0 saturated carbocycles. The molecule has 0 bridgehead atoms. The van der Waals surface area contributed by atoms with E-state index in [4.69, 9.17) is 5.11 Å². The highest BCUT2D eigenvalue weighted by Crippen LogP contribution is 2.02. The van der Waals surface area contributed by atoms with Gasteiger partial charge < -0.3 is 9.94 Å². The van der Waals surface area contributed by atoms with Crippen LogP contribution in [0.4, 0.5) is 5.95 Å². The number of nitrogens with zero attached hydrogens (tertiary/aromatic N) is 3. The maximum absolute atomic E-state index is 10.8. The van der Waals surface area contributed by atoms with Crippen molar-refractivity contribution in [3.05, 3.63) is 18.0 Å². The Labute approximate surface area is 90.0 Å². The molecule has 0 aliphatic heterocycles. The minimum Gasteiger partial charge on any atom is -0.476 e. The SMILES string of the molecule is CON=C(C(=O)O)c1ccnc(NC=O)n1. The largest absolute Gasteiger partial charge is 0.476 e. The first kappa shape index (κ1) is 11.6. The summed E-state index contributed by atoms with van der Waals surface area (Å²) in [6.45, 7) is 0. The Morgan fingerprint density at radius 2 is 2.44 bits per heavy atom. The zero-order valence-corrected chi connectivity index (χ0v) is 8.25. The lowest BCUT2D eigenvalue weighted by atomic mass is 10.2. The third kappa shape index (κ3) is 2.74. The second-order valence-corrected chi connectivity index (χ2v) is 2.46. The van der Waals surface area contributed by atoms with Gasteiger partial charge >= 0.3 is 5.97 Å². The molecule has 0 saturated heterocycles. The van der Waals surface area contributed by atoms with Crippen LogP contribution in [0.3, 0.4) is 0 Å². The summed E-state index contributed by atoms with van der Waals surface area (Å²) in [6.07, 6.45) is 1.68. The Morgan fingerprint density at radius 3 is 3.00 bits per heavy atom. The molecular formula is C8H8N4O4. The van der Waals surface area contributed by atoms with Gasteiger partial charge in [0.2, 0.25) is 18.1 Å². The van der Waals surface area contributed by atoms with Crippen LogP contribution >= 0.6 is 0 Å². The molecule has 2 N–H and O–H groups in total. The summed E-state index contributed by atoms with van der Waals surface area (Å²) in [5, 5.41) is 14.3. The van der Waals surface area contributed by atoms with Gasteiger partial charge in [0.1, 0.15) is 12.8 Å². The lowest BCUT2D eigenvalue weighted by Gasteiger charge is -2.01. The smallest absolute Gasteiger partial charge is 0.360 e. The minimum absolute atomic E-state index is 0.0162. The third-order valence-electron chi connectivity index (χ3n) is 1.47. The maximum Gasteiger partial charge on any atom is 0.360 e. The predicted octanol–water partition coefficient (Wildman–Crippen LogP) is -0.520. The second-order valence-electron chi connectivity index (χ2n) is 2.46. The molecule has 0 unspecified atom stereocenters. The van der Waals surface area contributed by atoms with Gasteiger partial charge in [-0.25, -0.2) is 14.8 Å². The number of oxime groups is 1. The van der Waals surface area contributed by atoms with Crippen LogP contribution in [0.1, 0.15) is 5.69 Å². The zero-order valence-electron chi connectivity index (χ0n) is 8.25. The molecule has 1 heterocycles. The standard InChI is InChI=1S/C8H8N4O4/c1-16-12-6(7(14)15)5-2-3-9-8(11-5)10-4-13/h2-4H,1H3,(H,14,15)(H,9,10,11,13). The molecule has 8 heteroatoms. The van der Waals surface area contributed by atoms with Crippen LogP contribution < -0.4 is 5.32 Å². The Kier molecular flexibility index (Phi) is 3.90. The number of anilines is 1. The molecule has 1 amide bonds. The van der Waals surface area contributed by atoms with Crippen molar-refractivity contribution < 1.29 is 19.5 Å². The Morgan fingerprint density at radius 1 is 1.69 bits per heavy atom. The molecule has 1 rings (SSSR count). The highest BCUT2D eigenvalue weighted by molar-refractivity contribution is 6.41. The topological polar surface area (TPSA) is 114 Å². The Hall–Kier alpha value is -2.51. The monoisotopic (exact) mass is 224 g/mol. The summed E-state index contributed by atoms with van der Waals surface area (Å²) in [5.41, 5.74) is -0.340. The van der Waals surface area contributed by atoms with Gasteiger partial charge in [0.05, 0.1) is 0 Å². The fourth-order valence-corrected chi connectivity index (χ4v) is 0.899. The van der Waals surface area contributed by atoms with Gasteiger partial charge in [-0.3, -0.25) is 10.1 Å². The molecular weight excluding hydrogens is 216 g/mol. The summed E-state index contributed by atoms with van der Waals surface area (Å²) in [6, 6.07) is 1.34. The van der Waals surface area contributed by atoms with Gasteiger partial charge in [-0.1, -0.05) is 5.16 Å². The quantitative estimate of drug-likeness (QED) is 0.395. The number of hydrogen-bond acceptors (Lipinski definition) is 6. The second kappa shape index (κ2) is 5.39. The molecule has 84 valence electrons. The number of carboxylic acid groups (broad SMARTS) is 1. The van der Waals surface area contributed by atoms with Crippen LogP contribution in [0.5, 0.6) is 0 Å². The summed E-state index contributed by atoms with van der Waals surface area (Å²) in [4.78, 5) is 32.8. The van der Waals surface area contributed by atoms with E-state index in [0.29, 0.717) is 6.41 Å². The summed E-state index contributed by atoms with van der Waals surface area (Å²) < 4.78 is 0. The van der Waals surface area contributed by atoms with Crippen LogP contribution in [0.25, 0.3) is 0 Å². The molecule has 0 aromatic carbocycles. The predicted molar refractivity (Wildman–Crippen MR) is 52.9 cm³/mol. The van der Waals surface area contributed by atoms with E-state index in [1.54, 1.807) is 0 Å². The van der Waals surface area contributed by atoms with Gasteiger partial charge in [-0.15, -0.1) is 0 Å². The van der Waals surface area contributed by atoms with Gasteiger partial charge in [-0.05, 0) is 6.07 Å². The highest BCUT2D eigenvalue weighted by Gasteiger charge is 2.15. The average molecular weight is 224 g/mol. The van der Waals surface area contributed by atoms with Crippen LogP contribution in [-0.2, 0) is 14.4 Å². The molecule has 0 spiro atoms. The van der Waals surface area contributed by atoms with Gasteiger partial charge in [0.25, 0.3) is 0 Å². The van der Waals surface area contributed by atoms with E-state index in [0.717, 1.165) is 0 Å². The van der Waals surface area contributed by atoms with Crippen LogP contribution in [0, 0.1) is 0 Å². The van der Waals surface area contributed by atoms with E-state index >= 15 is 0 Å². The minimum atomic E-state index is -1.29. The van der Waals surface area contributed by atoms with Crippen molar-refractivity contribution in [3.63, 3.8) is 0 Å². The lowest BCUT2D eigenvalue weighted by Crippen LogP contribution is -2.17. The molecule has 0 aliphatic rings. The Balaban J connectivity index is 3.10. The number of nitrogens with one attached hydrogen (secondary N) is 1. The molecule has 0 aliphatic carbocycles. The molecule has 1 aromatic rings. The van der Waals surface area contributed by atoms with Gasteiger partial charge in [-0.2, -0.15) is 0 Å². The Bertz CT molecular complexity index is 432. The molecule has 8 nitrogen and oxygen atoms in total. The van der Waals surface area contributed by atoms with Crippen molar-refractivity contribution >= 4 is 24.0 Å². The molecule has 0 atom stereocenters. The zero-order chi connectivity index (χ0) is 12.0. The fourth-order valence-electron chi connectivity index (χ4n) is 0.899. The number of carbonyl (C=O) groups is 2. The van der Waals surface area contributed by atoms with Gasteiger partial charge in [0, 0.05) is 6.20 Å². The van der Waals surface area contributed by atoms with E-state index in [2.05, 4.69) is 25.3 Å². The number of aromatic nitrogens is 2. The van der Waals surface area contributed by atoms with Crippen LogP contribution in [-0.4, -0.2) is 40.3 Å². The molecule has 1 aromatic heterocycles. The number of aliphatic carboxylic acids is 1. The number of rotatable bonds is 5. The number of carboxylic acids is 1. The highest BCUT2D eigenvalue weighted by atomic mass is 16.6. The molecule has 0 radical (unpaired) electrons. The lowest BCUT2D eigenvalue weighted by molar-refractivity contribution is -0.129. The fraction of sp³-hybridized carbons (Fsp3) is 0.125. The normalized spacial score (nSPS) is 10.7. The van der Waals surface area contributed by atoms with E-state index in [-0.39, 0.29) is 17.4 Å². The third-order valence-corrected chi connectivity index (χ3v) is 1.47. The van der Waals surface area contributed by atoms with Crippen molar-refractivity contribution in [2.75, 3.05) is 12.4 Å². The van der Waals surface area contributed by atoms with Crippen LogP contribution in [0.15, 0.2) is 17.4 Å². The number of hydrogen-bond donors (Lipinski definition) is 2. The summed E-state index contributed by atoms with van der Waals surface area (Å²) in [5.74, 6) is -1.31. The molecule has 0 fully saturated rings. The van der Waals surface area contributed by atoms with Crippen molar-refractivity contribution in [2.45, 2.75) is 0 Å². The molecule has 16 heavy (non-hydrogen) atoms. The summed E-state index contributed by atoms with van der Waals surface area (Å²) >= 11 is 0. The van der Waals surface area contributed by atoms with E-state index in [9.17, 15) is 9.59 Å². The van der Waals surface area contributed by atoms with E-state index in [1.807, 2.05) is 0 Å². The van der Waals surface area contributed by atoms with Crippen molar-refractivity contribution in [3.8, 4) is 0 Å². The first-order valence-electron chi connectivity index (χ1n) is 4.07. The number of amides is 1. The maximum atomic E-state index is 10.8. The van der Waals surface area contributed by atoms with Crippen molar-refractivity contribution in [1.82, 2.24) is 9.97 Å². The van der Waals surface area contributed by atoms with Crippen molar-refractivity contribution in [1.29, 1.82) is 0 Å². The van der Waals surface area contributed by atoms with E-state index in [1.165, 1.54) is 19.4 Å². The van der Waals surface area contributed by atoms with E-state index < -0.39 is 5.97 Å². The van der Waals surface area contributed by atoms with Crippen molar-refractivity contribution in [2.24, 2.45) is 5.16 Å². The van der Waals surface area contributed by atoms with Crippen LogP contribution in [0.2, 0.25) is 0 Å². The average Bonchev–Trinajstić information content (AvgIpc) is 2.26.